The lowest BCUT2D eigenvalue weighted by Gasteiger charge is -2.38. The Labute approximate surface area is 183 Å². The number of amides is 1. The fourth-order valence-corrected chi connectivity index (χ4v) is 3.47. The summed E-state index contributed by atoms with van der Waals surface area (Å²) in [7, 11) is 0. The number of halogens is 1. The number of nitrogens with zero attached hydrogens (tertiary/aromatic N) is 2. The van der Waals surface area contributed by atoms with Crippen molar-refractivity contribution in [1.29, 1.82) is 5.26 Å². The molecule has 0 N–H and O–H groups in total. The number of hydrogen-bond donors (Lipinski definition) is 0. The van der Waals surface area contributed by atoms with Crippen LogP contribution >= 0.6 is 0 Å². The third kappa shape index (κ3) is 6.84. The molecule has 8 heteroatoms. The Morgan fingerprint density at radius 2 is 1.94 bits per heavy atom. The molecule has 1 aromatic rings. The van der Waals surface area contributed by atoms with E-state index < -0.39 is 22.9 Å². The minimum Gasteiger partial charge on any atom is -0.493 e. The molecular formula is C23H31FN2O5. The van der Waals surface area contributed by atoms with Gasteiger partial charge in [0.2, 0.25) is 0 Å². The Bertz CT molecular complexity index is 820. The Hall–Kier alpha value is -2.82. The lowest BCUT2D eigenvalue weighted by Crippen LogP contribution is -2.46. The molecule has 31 heavy (non-hydrogen) atoms. The standard InChI is InChI=1S/C23H31FN2O5/c1-5-29-20(27)7-6-14-30-19-9-8-17(24)15-18(19)23(16-25)10-12-26(13-11-23)21(28)31-22(2,3)4/h8-9,15H,5-7,10-14H2,1-4H3. The largest absolute Gasteiger partial charge is 0.493 e. The van der Waals surface area contributed by atoms with Crippen LogP contribution in [-0.4, -0.2) is 48.9 Å². The third-order valence-corrected chi connectivity index (χ3v) is 5.03. The summed E-state index contributed by atoms with van der Waals surface area (Å²) in [5, 5.41) is 10.0. The van der Waals surface area contributed by atoms with Crippen LogP contribution in [0.2, 0.25) is 0 Å². The molecule has 1 amide bonds. The van der Waals surface area contributed by atoms with Crippen LogP contribution in [0.1, 0.15) is 58.9 Å². The molecule has 1 aliphatic heterocycles. The predicted octanol–water partition coefficient (Wildman–Crippen LogP) is 4.34. The minimum atomic E-state index is -0.975. The third-order valence-electron chi connectivity index (χ3n) is 5.03. The van der Waals surface area contributed by atoms with Crippen molar-refractivity contribution >= 4 is 12.1 Å². The summed E-state index contributed by atoms with van der Waals surface area (Å²) in [6.07, 6.45) is 0.922. The smallest absolute Gasteiger partial charge is 0.410 e. The number of ether oxygens (including phenoxy) is 3. The summed E-state index contributed by atoms with van der Waals surface area (Å²) in [6, 6.07) is 6.45. The molecule has 1 fully saturated rings. The zero-order valence-corrected chi connectivity index (χ0v) is 18.7. The minimum absolute atomic E-state index is 0.221. The van der Waals surface area contributed by atoms with E-state index in [1.165, 1.54) is 18.2 Å². The SMILES string of the molecule is CCOC(=O)CCCOc1ccc(F)cc1C1(C#N)CCN(C(=O)OC(C)(C)C)CC1. The first-order valence-corrected chi connectivity index (χ1v) is 10.6. The van der Waals surface area contributed by atoms with Crippen molar-refractivity contribution in [3.05, 3.63) is 29.6 Å². The molecule has 0 atom stereocenters. The van der Waals surface area contributed by atoms with Crippen LogP contribution < -0.4 is 4.74 Å². The number of nitriles is 1. The van der Waals surface area contributed by atoms with Gasteiger partial charge in [-0.3, -0.25) is 4.79 Å². The normalized spacial score (nSPS) is 15.7. The van der Waals surface area contributed by atoms with Crippen LogP contribution in [0.4, 0.5) is 9.18 Å². The summed E-state index contributed by atoms with van der Waals surface area (Å²) < 4.78 is 30.2. The molecule has 2 rings (SSSR count). The highest BCUT2D eigenvalue weighted by molar-refractivity contribution is 5.69. The average Bonchev–Trinajstić information content (AvgIpc) is 2.71. The monoisotopic (exact) mass is 434 g/mol. The second kappa shape index (κ2) is 10.5. The number of carbonyl (C=O) groups excluding carboxylic acids is 2. The van der Waals surface area contributed by atoms with Gasteiger partial charge in [-0.25, -0.2) is 9.18 Å². The van der Waals surface area contributed by atoms with E-state index in [-0.39, 0.29) is 19.0 Å². The van der Waals surface area contributed by atoms with Crippen LogP contribution in [0.25, 0.3) is 0 Å². The molecule has 0 unspecified atom stereocenters. The van der Waals surface area contributed by atoms with Gasteiger partial charge in [-0.05, 0) is 65.2 Å². The number of likely N-dealkylation sites (tertiary alicyclic amines) is 1. The summed E-state index contributed by atoms with van der Waals surface area (Å²) in [5.74, 6) is -0.343. The molecular weight excluding hydrogens is 403 g/mol. The Balaban J connectivity index is 2.09. The molecule has 1 aliphatic rings. The van der Waals surface area contributed by atoms with Gasteiger partial charge in [0.1, 0.15) is 17.2 Å². The molecule has 0 aromatic heterocycles. The van der Waals surface area contributed by atoms with E-state index in [1.807, 2.05) is 0 Å². The van der Waals surface area contributed by atoms with Gasteiger partial charge >= 0.3 is 12.1 Å². The van der Waals surface area contributed by atoms with Crippen LogP contribution in [0.15, 0.2) is 18.2 Å². The lowest BCUT2D eigenvalue weighted by molar-refractivity contribution is -0.143. The van der Waals surface area contributed by atoms with Gasteiger partial charge in [0, 0.05) is 25.1 Å². The highest BCUT2D eigenvalue weighted by atomic mass is 19.1. The molecule has 7 nitrogen and oxygen atoms in total. The number of rotatable bonds is 7. The molecule has 1 heterocycles. The maximum Gasteiger partial charge on any atom is 0.410 e. The first-order chi connectivity index (χ1) is 14.6. The molecule has 0 bridgehead atoms. The molecule has 0 saturated carbocycles. The topological polar surface area (TPSA) is 88.9 Å². The van der Waals surface area contributed by atoms with Crippen molar-refractivity contribution in [2.45, 2.75) is 64.4 Å². The van der Waals surface area contributed by atoms with E-state index in [4.69, 9.17) is 14.2 Å². The van der Waals surface area contributed by atoms with Crippen LogP contribution in [0.3, 0.4) is 0 Å². The van der Waals surface area contributed by atoms with Crippen LogP contribution in [0.5, 0.6) is 5.75 Å². The number of benzene rings is 1. The van der Waals surface area contributed by atoms with Crippen molar-refractivity contribution in [2.24, 2.45) is 0 Å². The first-order valence-electron chi connectivity index (χ1n) is 10.6. The maximum atomic E-state index is 14.1. The predicted molar refractivity (Wildman–Crippen MR) is 112 cm³/mol. The molecule has 170 valence electrons. The van der Waals surface area contributed by atoms with Gasteiger partial charge in [-0.2, -0.15) is 5.26 Å². The maximum absolute atomic E-state index is 14.1. The fraction of sp³-hybridized carbons (Fsp3) is 0.609. The lowest BCUT2D eigenvalue weighted by atomic mass is 9.73. The molecule has 1 saturated heterocycles. The van der Waals surface area contributed by atoms with E-state index in [9.17, 15) is 19.2 Å². The van der Waals surface area contributed by atoms with Crippen LogP contribution in [-0.2, 0) is 19.7 Å². The summed E-state index contributed by atoms with van der Waals surface area (Å²) >= 11 is 0. The number of hydrogen-bond acceptors (Lipinski definition) is 6. The van der Waals surface area contributed by atoms with Crippen molar-refractivity contribution in [3.63, 3.8) is 0 Å². The second-order valence-corrected chi connectivity index (χ2v) is 8.56. The van der Waals surface area contributed by atoms with Crippen molar-refractivity contribution in [2.75, 3.05) is 26.3 Å². The van der Waals surface area contributed by atoms with E-state index in [0.717, 1.165) is 0 Å². The molecule has 0 radical (unpaired) electrons. The van der Waals surface area contributed by atoms with Crippen LogP contribution in [0, 0.1) is 17.1 Å². The van der Waals surface area contributed by atoms with Gasteiger partial charge in [0.05, 0.1) is 24.7 Å². The highest BCUT2D eigenvalue weighted by Gasteiger charge is 2.41. The molecule has 0 spiro atoms. The van der Waals surface area contributed by atoms with Gasteiger partial charge in [-0.1, -0.05) is 0 Å². The quantitative estimate of drug-likeness (QED) is 0.468. The number of piperidine rings is 1. The Kier molecular flexibility index (Phi) is 8.26. The van der Waals surface area contributed by atoms with E-state index in [2.05, 4.69) is 6.07 Å². The summed E-state index contributed by atoms with van der Waals surface area (Å²) in [5.41, 5.74) is -1.11. The van der Waals surface area contributed by atoms with E-state index >= 15 is 0 Å². The summed E-state index contributed by atoms with van der Waals surface area (Å²) in [4.78, 5) is 25.4. The Morgan fingerprint density at radius 1 is 1.26 bits per heavy atom. The average molecular weight is 435 g/mol. The zero-order chi connectivity index (χ0) is 23.1. The van der Waals surface area contributed by atoms with Crippen molar-refractivity contribution in [3.8, 4) is 11.8 Å². The van der Waals surface area contributed by atoms with Crippen molar-refractivity contribution in [1.82, 2.24) is 4.90 Å². The van der Waals surface area contributed by atoms with Gasteiger partial charge in [0.15, 0.2) is 0 Å². The van der Waals surface area contributed by atoms with Gasteiger partial charge < -0.3 is 19.1 Å². The molecule has 0 aliphatic carbocycles. The second-order valence-electron chi connectivity index (χ2n) is 8.56. The first kappa shape index (κ1) is 24.4. The molecule has 1 aromatic carbocycles. The van der Waals surface area contributed by atoms with E-state index in [1.54, 1.807) is 32.6 Å². The van der Waals surface area contributed by atoms with E-state index in [0.29, 0.717) is 50.3 Å². The fourth-order valence-electron chi connectivity index (χ4n) is 3.47. The number of carbonyl (C=O) groups is 2. The zero-order valence-electron chi connectivity index (χ0n) is 18.7. The Morgan fingerprint density at radius 3 is 2.52 bits per heavy atom. The van der Waals surface area contributed by atoms with Gasteiger partial charge in [-0.15, -0.1) is 0 Å². The van der Waals surface area contributed by atoms with Gasteiger partial charge in [0.25, 0.3) is 0 Å². The number of esters is 1. The summed E-state index contributed by atoms with van der Waals surface area (Å²) in [6.45, 7) is 8.35. The van der Waals surface area contributed by atoms with Crippen molar-refractivity contribution < 1.29 is 28.2 Å². The highest BCUT2D eigenvalue weighted by Crippen LogP contribution is 2.40.